The summed E-state index contributed by atoms with van der Waals surface area (Å²) in [5.41, 5.74) is 0.719. The van der Waals surface area contributed by atoms with Crippen LogP contribution in [0, 0.1) is 5.92 Å². The van der Waals surface area contributed by atoms with Gasteiger partial charge in [0.2, 0.25) is 0 Å². The summed E-state index contributed by atoms with van der Waals surface area (Å²) in [6.07, 6.45) is 2.34. The Morgan fingerprint density at radius 2 is 2.06 bits per heavy atom. The zero-order valence-electron chi connectivity index (χ0n) is 10.9. The molecule has 0 amide bonds. The summed E-state index contributed by atoms with van der Waals surface area (Å²) >= 11 is 0. The maximum absolute atomic E-state index is 10.3. The van der Waals surface area contributed by atoms with E-state index in [4.69, 9.17) is 9.47 Å². The lowest BCUT2D eigenvalue weighted by Crippen LogP contribution is -2.28. The number of methoxy groups -OCH3 is 1. The fourth-order valence-electron chi connectivity index (χ4n) is 1.74. The molecule has 0 bridgehead atoms. The molecule has 1 aromatic heterocycles. The molecule has 4 heteroatoms. The van der Waals surface area contributed by atoms with Crippen molar-refractivity contribution < 1.29 is 14.6 Å². The van der Waals surface area contributed by atoms with Gasteiger partial charge >= 0.3 is 0 Å². The summed E-state index contributed by atoms with van der Waals surface area (Å²) in [4.78, 5) is 4.04. The lowest BCUT2D eigenvalue weighted by molar-refractivity contribution is -0.0587. The molecule has 1 N–H and O–H groups in total. The van der Waals surface area contributed by atoms with E-state index in [0.29, 0.717) is 12.4 Å². The topological polar surface area (TPSA) is 51.6 Å². The van der Waals surface area contributed by atoms with Crippen LogP contribution >= 0.6 is 0 Å². The molecule has 1 aromatic rings. The number of aliphatic hydroxyl groups is 1. The van der Waals surface area contributed by atoms with Crippen LogP contribution in [0.5, 0.6) is 5.75 Å². The number of nitrogens with zero attached hydrogens (tertiary/aromatic N) is 1. The van der Waals surface area contributed by atoms with E-state index >= 15 is 0 Å². The molecule has 2 atom stereocenters. The van der Waals surface area contributed by atoms with Gasteiger partial charge < -0.3 is 14.6 Å². The van der Waals surface area contributed by atoms with E-state index in [1.165, 1.54) is 0 Å². The van der Waals surface area contributed by atoms with Crippen molar-refractivity contribution in [2.75, 3.05) is 13.7 Å². The number of pyridine rings is 1. The first-order valence-electron chi connectivity index (χ1n) is 5.88. The summed E-state index contributed by atoms with van der Waals surface area (Å²) in [5, 5.41) is 10.3. The third-order valence-corrected chi connectivity index (χ3v) is 2.64. The highest BCUT2D eigenvalue weighted by Crippen LogP contribution is 2.26. The Balaban J connectivity index is 2.88. The van der Waals surface area contributed by atoms with Crippen LogP contribution < -0.4 is 4.74 Å². The summed E-state index contributed by atoms with van der Waals surface area (Å²) in [5.74, 6) is 0.872. The van der Waals surface area contributed by atoms with Gasteiger partial charge in [0.25, 0.3) is 0 Å². The van der Waals surface area contributed by atoms with Crippen molar-refractivity contribution in [2.45, 2.75) is 33.0 Å². The molecule has 17 heavy (non-hydrogen) atoms. The lowest BCUT2D eigenvalue weighted by atomic mass is 9.97. The molecule has 2 unspecified atom stereocenters. The second kappa shape index (κ2) is 6.57. The Hall–Kier alpha value is -1.13. The molecule has 0 aliphatic rings. The second-order valence-corrected chi connectivity index (χ2v) is 4.27. The van der Waals surface area contributed by atoms with E-state index in [1.54, 1.807) is 25.6 Å². The van der Waals surface area contributed by atoms with E-state index in [9.17, 15) is 5.11 Å². The van der Waals surface area contributed by atoms with Crippen LogP contribution in [0.4, 0.5) is 0 Å². The highest BCUT2D eigenvalue weighted by atomic mass is 16.5. The van der Waals surface area contributed by atoms with E-state index in [-0.39, 0.29) is 12.0 Å². The van der Waals surface area contributed by atoms with Crippen LogP contribution in [0.2, 0.25) is 0 Å². The van der Waals surface area contributed by atoms with Gasteiger partial charge in [-0.25, -0.2) is 0 Å². The van der Waals surface area contributed by atoms with Crippen LogP contribution in [-0.4, -0.2) is 29.9 Å². The molecule has 1 heterocycles. The van der Waals surface area contributed by atoms with Crippen LogP contribution in [0.15, 0.2) is 18.5 Å². The minimum Gasteiger partial charge on any atom is -0.495 e. The molecule has 0 radical (unpaired) electrons. The van der Waals surface area contributed by atoms with Gasteiger partial charge in [-0.1, -0.05) is 13.8 Å². The standard InChI is InChI=1S/C13H21NO3/c1-5-17-13(9(2)3)12(15)10-6-11(16-4)8-14-7-10/h6-9,12-13,15H,5H2,1-4H3. The number of aromatic nitrogens is 1. The normalized spacial score (nSPS) is 14.7. The van der Waals surface area contributed by atoms with E-state index < -0.39 is 6.10 Å². The molecule has 0 aliphatic carbocycles. The van der Waals surface area contributed by atoms with Crippen molar-refractivity contribution in [3.63, 3.8) is 0 Å². The van der Waals surface area contributed by atoms with Crippen molar-refractivity contribution in [3.8, 4) is 5.75 Å². The van der Waals surface area contributed by atoms with Gasteiger partial charge in [0.15, 0.2) is 0 Å². The summed E-state index contributed by atoms with van der Waals surface area (Å²) in [6, 6.07) is 1.78. The van der Waals surface area contributed by atoms with Crippen molar-refractivity contribution in [1.82, 2.24) is 4.98 Å². The Morgan fingerprint density at radius 3 is 2.59 bits per heavy atom. The fourth-order valence-corrected chi connectivity index (χ4v) is 1.74. The van der Waals surface area contributed by atoms with Gasteiger partial charge in [-0.15, -0.1) is 0 Å². The molecule has 0 fully saturated rings. The van der Waals surface area contributed by atoms with Crippen LogP contribution in [-0.2, 0) is 4.74 Å². The van der Waals surface area contributed by atoms with Gasteiger partial charge in [-0.2, -0.15) is 0 Å². The van der Waals surface area contributed by atoms with Gasteiger partial charge in [0, 0.05) is 18.4 Å². The highest BCUT2D eigenvalue weighted by Gasteiger charge is 2.25. The van der Waals surface area contributed by atoms with E-state index in [0.717, 1.165) is 5.56 Å². The summed E-state index contributed by atoms with van der Waals surface area (Å²) < 4.78 is 10.7. The second-order valence-electron chi connectivity index (χ2n) is 4.27. The highest BCUT2D eigenvalue weighted by molar-refractivity contribution is 5.25. The molecule has 4 nitrogen and oxygen atoms in total. The van der Waals surface area contributed by atoms with Gasteiger partial charge in [-0.3, -0.25) is 4.98 Å². The maximum atomic E-state index is 10.3. The van der Waals surface area contributed by atoms with E-state index in [2.05, 4.69) is 4.98 Å². The van der Waals surface area contributed by atoms with Crippen LogP contribution in [0.3, 0.4) is 0 Å². The molecule has 0 aromatic carbocycles. The number of hydrogen-bond acceptors (Lipinski definition) is 4. The Bertz CT molecular complexity index is 341. The first-order valence-corrected chi connectivity index (χ1v) is 5.88. The van der Waals surface area contributed by atoms with Gasteiger partial charge in [0.05, 0.1) is 19.4 Å². The SMILES string of the molecule is CCOC(C(C)C)C(O)c1cncc(OC)c1. The number of rotatable bonds is 6. The molecule has 0 spiro atoms. The Morgan fingerprint density at radius 1 is 1.35 bits per heavy atom. The van der Waals surface area contributed by atoms with Gasteiger partial charge in [-0.05, 0) is 18.9 Å². The van der Waals surface area contributed by atoms with Crippen molar-refractivity contribution in [3.05, 3.63) is 24.0 Å². The molecular weight excluding hydrogens is 218 g/mol. The van der Waals surface area contributed by atoms with Crippen LogP contribution in [0.1, 0.15) is 32.4 Å². The Labute approximate surface area is 103 Å². The van der Waals surface area contributed by atoms with Crippen molar-refractivity contribution in [1.29, 1.82) is 0 Å². The Kier molecular flexibility index (Phi) is 5.38. The third-order valence-electron chi connectivity index (χ3n) is 2.64. The average molecular weight is 239 g/mol. The van der Waals surface area contributed by atoms with Crippen molar-refractivity contribution >= 4 is 0 Å². The molecular formula is C13H21NO3. The largest absolute Gasteiger partial charge is 0.495 e. The number of aliphatic hydroxyl groups excluding tert-OH is 1. The first kappa shape index (κ1) is 13.9. The fraction of sp³-hybridized carbons (Fsp3) is 0.615. The molecule has 1 rings (SSSR count). The third kappa shape index (κ3) is 3.68. The van der Waals surface area contributed by atoms with Crippen molar-refractivity contribution in [2.24, 2.45) is 5.92 Å². The minimum absolute atomic E-state index is 0.228. The molecule has 0 saturated carbocycles. The average Bonchev–Trinajstić information content (AvgIpc) is 2.34. The molecule has 0 aliphatic heterocycles. The predicted octanol–water partition coefficient (Wildman–Crippen LogP) is 2.18. The minimum atomic E-state index is -0.683. The summed E-state index contributed by atoms with van der Waals surface area (Å²) in [7, 11) is 1.58. The quantitative estimate of drug-likeness (QED) is 0.826. The predicted molar refractivity (Wildman–Crippen MR) is 66.0 cm³/mol. The van der Waals surface area contributed by atoms with E-state index in [1.807, 2.05) is 20.8 Å². The number of hydrogen-bond donors (Lipinski definition) is 1. The molecule has 0 saturated heterocycles. The smallest absolute Gasteiger partial charge is 0.137 e. The number of ether oxygens (including phenoxy) is 2. The molecule has 96 valence electrons. The zero-order chi connectivity index (χ0) is 12.8. The lowest BCUT2D eigenvalue weighted by Gasteiger charge is -2.26. The maximum Gasteiger partial charge on any atom is 0.137 e. The zero-order valence-corrected chi connectivity index (χ0v) is 10.9. The van der Waals surface area contributed by atoms with Crippen LogP contribution in [0.25, 0.3) is 0 Å². The first-order chi connectivity index (χ1) is 8.10. The summed E-state index contributed by atoms with van der Waals surface area (Å²) in [6.45, 7) is 6.55. The monoisotopic (exact) mass is 239 g/mol. The van der Waals surface area contributed by atoms with Gasteiger partial charge in [0.1, 0.15) is 11.9 Å².